The molecule has 0 aromatic carbocycles. The van der Waals surface area contributed by atoms with Gasteiger partial charge in [-0.25, -0.2) is 4.98 Å². The van der Waals surface area contributed by atoms with Gasteiger partial charge in [-0.15, -0.1) is 5.10 Å². The fourth-order valence-corrected chi connectivity index (χ4v) is 3.14. The van der Waals surface area contributed by atoms with Crippen LogP contribution in [0.1, 0.15) is 23.2 Å². The summed E-state index contributed by atoms with van der Waals surface area (Å²) in [5, 5.41) is 4.16. The van der Waals surface area contributed by atoms with E-state index in [0.29, 0.717) is 17.5 Å². The number of amides is 1. The van der Waals surface area contributed by atoms with Crippen molar-refractivity contribution < 1.29 is 9.53 Å². The zero-order chi connectivity index (χ0) is 17.1. The van der Waals surface area contributed by atoms with Crippen LogP contribution in [0.5, 0.6) is 5.88 Å². The maximum absolute atomic E-state index is 12.7. The van der Waals surface area contributed by atoms with Gasteiger partial charge in [0.2, 0.25) is 5.88 Å². The quantitative estimate of drug-likeness (QED) is 0.852. The zero-order valence-corrected chi connectivity index (χ0v) is 14.3. The number of hydrogen-bond acceptors (Lipinski definition) is 5. The Hall–Kier alpha value is -2.57. The molecule has 0 spiro atoms. The van der Waals surface area contributed by atoms with Gasteiger partial charge < -0.3 is 14.5 Å². The number of pyridine rings is 1. The van der Waals surface area contributed by atoms with E-state index < -0.39 is 0 Å². The number of rotatable bonds is 4. The molecule has 1 aliphatic heterocycles. The molecule has 3 heterocycles. The molecule has 0 bridgehead atoms. The summed E-state index contributed by atoms with van der Waals surface area (Å²) in [6.45, 7) is 1.44. The molecular formula is C17H23N5O2. The topological polar surface area (TPSA) is 63.5 Å². The molecule has 0 aliphatic carbocycles. The number of aryl methyl sites for hydroxylation is 1. The number of likely N-dealkylation sites (tertiary alicyclic amines) is 1. The van der Waals surface area contributed by atoms with Crippen molar-refractivity contribution in [1.29, 1.82) is 0 Å². The highest BCUT2D eigenvalue weighted by molar-refractivity contribution is 5.96. The summed E-state index contributed by atoms with van der Waals surface area (Å²) in [7, 11) is 5.38. The van der Waals surface area contributed by atoms with Crippen LogP contribution in [-0.2, 0) is 7.05 Å². The Bertz CT molecular complexity index is 692. The van der Waals surface area contributed by atoms with Crippen molar-refractivity contribution in [1.82, 2.24) is 19.7 Å². The van der Waals surface area contributed by atoms with Crippen LogP contribution in [0, 0.1) is 0 Å². The summed E-state index contributed by atoms with van der Waals surface area (Å²) in [4.78, 5) is 21.2. The average Bonchev–Trinajstić information content (AvgIpc) is 3.02. The van der Waals surface area contributed by atoms with Gasteiger partial charge in [-0.2, -0.15) is 0 Å². The SMILES string of the molecule is COc1nn(C)cc1C(=O)N1CCC(N(C)c2ccccn2)CC1. The highest BCUT2D eigenvalue weighted by Crippen LogP contribution is 2.23. The molecule has 0 saturated carbocycles. The monoisotopic (exact) mass is 329 g/mol. The molecule has 0 unspecified atom stereocenters. The van der Waals surface area contributed by atoms with Crippen LogP contribution in [0.25, 0.3) is 0 Å². The predicted octanol–water partition coefficient (Wildman–Crippen LogP) is 1.56. The van der Waals surface area contributed by atoms with Crippen molar-refractivity contribution >= 4 is 11.7 Å². The lowest BCUT2D eigenvalue weighted by Gasteiger charge is -2.37. The van der Waals surface area contributed by atoms with Gasteiger partial charge in [0.1, 0.15) is 11.4 Å². The van der Waals surface area contributed by atoms with Gasteiger partial charge in [-0.3, -0.25) is 9.48 Å². The number of hydrogen-bond donors (Lipinski definition) is 0. The molecule has 24 heavy (non-hydrogen) atoms. The third kappa shape index (κ3) is 3.20. The van der Waals surface area contributed by atoms with Gasteiger partial charge in [0.05, 0.1) is 7.11 Å². The molecule has 1 fully saturated rings. The van der Waals surface area contributed by atoms with E-state index >= 15 is 0 Å². The van der Waals surface area contributed by atoms with Gasteiger partial charge in [-0.05, 0) is 25.0 Å². The summed E-state index contributed by atoms with van der Waals surface area (Å²) in [5.74, 6) is 1.34. The van der Waals surface area contributed by atoms with Gasteiger partial charge in [0.25, 0.3) is 5.91 Å². The molecule has 7 nitrogen and oxygen atoms in total. The lowest BCUT2D eigenvalue weighted by molar-refractivity contribution is 0.0710. The Morgan fingerprint density at radius 2 is 2.08 bits per heavy atom. The van der Waals surface area contributed by atoms with Crippen molar-refractivity contribution in [3.05, 3.63) is 36.2 Å². The Labute approximate surface area is 141 Å². The highest BCUT2D eigenvalue weighted by Gasteiger charge is 2.28. The molecule has 0 radical (unpaired) electrons. The Morgan fingerprint density at radius 1 is 1.33 bits per heavy atom. The molecule has 0 atom stereocenters. The number of ether oxygens (including phenoxy) is 1. The van der Waals surface area contributed by atoms with Crippen LogP contribution in [-0.4, -0.2) is 58.9 Å². The molecule has 2 aromatic heterocycles. The van der Waals surface area contributed by atoms with E-state index in [0.717, 1.165) is 31.7 Å². The van der Waals surface area contributed by atoms with Gasteiger partial charge in [0, 0.05) is 45.6 Å². The van der Waals surface area contributed by atoms with E-state index in [4.69, 9.17) is 4.74 Å². The zero-order valence-electron chi connectivity index (χ0n) is 14.3. The minimum Gasteiger partial charge on any atom is -0.479 e. The van der Waals surface area contributed by atoms with Crippen molar-refractivity contribution in [2.45, 2.75) is 18.9 Å². The van der Waals surface area contributed by atoms with E-state index in [2.05, 4.69) is 22.0 Å². The van der Waals surface area contributed by atoms with Crippen LogP contribution in [0.15, 0.2) is 30.6 Å². The van der Waals surface area contributed by atoms with Crippen LogP contribution in [0.4, 0.5) is 5.82 Å². The minimum absolute atomic E-state index is 0.0149. The maximum Gasteiger partial charge on any atom is 0.260 e. The summed E-state index contributed by atoms with van der Waals surface area (Å²) in [5.41, 5.74) is 0.525. The van der Waals surface area contributed by atoms with E-state index in [9.17, 15) is 4.79 Å². The number of methoxy groups -OCH3 is 1. The Morgan fingerprint density at radius 3 is 2.71 bits per heavy atom. The summed E-state index contributed by atoms with van der Waals surface area (Å²) >= 11 is 0. The van der Waals surface area contributed by atoms with E-state index in [1.807, 2.05) is 23.1 Å². The van der Waals surface area contributed by atoms with Crippen LogP contribution < -0.4 is 9.64 Å². The Kier molecular flexibility index (Phi) is 4.69. The first-order valence-corrected chi connectivity index (χ1v) is 8.11. The first-order valence-electron chi connectivity index (χ1n) is 8.11. The number of anilines is 1. The van der Waals surface area contributed by atoms with Crippen LogP contribution >= 0.6 is 0 Å². The van der Waals surface area contributed by atoms with Crippen LogP contribution in [0.3, 0.4) is 0 Å². The van der Waals surface area contributed by atoms with E-state index in [-0.39, 0.29) is 5.91 Å². The molecule has 1 aliphatic rings. The predicted molar refractivity (Wildman–Crippen MR) is 91.3 cm³/mol. The molecule has 0 N–H and O–H groups in total. The first-order chi connectivity index (χ1) is 11.6. The van der Waals surface area contributed by atoms with E-state index in [1.54, 1.807) is 24.1 Å². The van der Waals surface area contributed by atoms with Gasteiger partial charge in [-0.1, -0.05) is 6.07 Å². The van der Waals surface area contributed by atoms with Crippen molar-refractivity contribution in [2.75, 3.05) is 32.1 Å². The van der Waals surface area contributed by atoms with Crippen molar-refractivity contribution in [3.8, 4) is 5.88 Å². The van der Waals surface area contributed by atoms with E-state index in [1.165, 1.54) is 7.11 Å². The second-order valence-corrected chi connectivity index (χ2v) is 6.05. The fraction of sp³-hybridized carbons (Fsp3) is 0.471. The van der Waals surface area contributed by atoms with Crippen LogP contribution in [0.2, 0.25) is 0 Å². The second kappa shape index (κ2) is 6.90. The molecule has 128 valence electrons. The molecular weight excluding hydrogens is 306 g/mol. The molecule has 1 saturated heterocycles. The number of piperidine rings is 1. The molecule has 2 aromatic rings. The summed E-state index contributed by atoms with van der Waals surface area (Å²) in [6, 6.07) is 6.31. The summed E-state index contributed by atoms with van der Waals surface area (Å²) in [6.07, 6.45) is 5.36. The number of aromatic nitrogens is 3. The largest absolute Gasteiger partial charge is 0.479 e. The standard InChI is InChI=1S/C17H23N5O2/c1-20-12-14(16(19-20)24-3)17(23)22-10-7-13(8-11-22)21(2)15-6-4-5-9-18-15/h4-6,9,12-13H,7-8,10-11H2,1-3H3. The lowest BCUT2D eigenvalue weighted by Crippen LogP contribution is -2.45. The molecule has 1 amide bonds. The fourth-order valence-electron chi connectivity index (χ4n) is 3.14. The van der Waals surface area contributed by atoms with Crippen molar-refractivity contribution in [3.63, 3.8) is 0 Å². The lowest BCUT2D eigenvalue weighted by atomic mass is 10.0. The molecule has 7 heteroatoms. The number of nitrogens with zero attached hydrogens (tertiary/aromatic N) is 5. The third-order valence-electron chi connectivity index (χ3n) is 4.53. The smallest absolute Gasteiger partial charge is 0.260 e. The normalized spacial score (nSPS) is 15.4. The minimum atomic E-state index is -0.0149. The number of carbonyl (C=O) groups excluding carboxylic acids is 1. The molecule has 3 rings (SSSR count). The van der Waals surface area contributed by atoms with Gasteiger partial charge >= 0.3 is 0 Å². The Balaban J connectivity index is 1.63. The van der Waals surface area contributed by atoms with Crippen molar-refractivity contribution in [2.24, 2.45) is 7.05 Å². The third-order valence-corrected chi connectivity index (χ3v) is 4.53. The highest BCUT2D eigenvalue weighted by atomic mass is 16.5. The van der Waals surface area contributed by atoms with Gasteiger partial charge in [0.15, 0.2) is 0 Å². The second-order valence-electron chi connectivity index (χ2n) is 6.05. The first kappa shape index (κ1) is 16.3. The number of carbonyl (C=O) groups is 1. The average molecular weight is 329 g/mol. The summed E-state index contributed by atoms with van der Waals surface area (Å²) < 4.78 is 6.80. The maximum atomic E-state index is 12.7.